The number of anilines is 1. The number of amides is 1. The van der Waals surface area contributed by atoms with Gasteiger partial charge in [0.1, 0.15) is 11.9 Å². The molecule has 1 N–H and O–H groups in total. The Hall–Kier alpha value is -3.06. The van der Waals surface area contributed by atoms with Crippen molar-refractivity contribution in [3.05, 3.63) is 76.1 Å². The zero-order valence-electron chi connectivity index (χ0n) is 13.7. The summed E-state index contributed by atoms with van der Waals surface area (Å²) in [6.07, 6.45) is 1.39. The van der Waals surface area contributed by atoms with Gasteiger partial charge in [0.2, 0.25) is 5.91 Å². The van der Waals surface area contributed by atoms with Crippen molar-refractivity contribution >= 4 is 23.2 Å². The Morgan fingerprint density at radius 2 is 1.88 bits per heavy atom. The SMILES string of the molecule is C[C@@H](C(=O)Nc1ccccc1F)n1ncc(-c2ccc(Cl)cc2)nc1=O. The van der Waals surface area contributed by atoms with Crippen LogP contribution in [0.5, 0.6) is 0 Å². The van der Waals surface area contributed by atoms with Gasteiger partial charge in [0.25, 0.3) is 0 Å². The van der Waals surface area contributed by atoms with Gasteiger partial charge in [-0.05, 0) is 31.2 Å². The van der Waals surface area contributed by atoms with Crippen molar-refractivity contribution in [3.8, 4) is 11.3 Å². The summed E-state index contributed by atoms with van der Waals surface area (Å²) in [6, 6.07) is 11.6. The highest BCUT2D eigenvalue weighted by atomic mass is 35.5. The highest BCUT2D eigenvalue weighted by molar-refractivity contribution is 6.30. The molecule has 0 bridgehead atoms. The molecule has 0 aliphatic rings. The summed E-state index contributed by atoms with van der Waals surface area (Å²) in [5.74, 6) is -1.14. The Bertz CT molecular complexity index is 1000. The molecule has 26 heavy (non-hydrogen) atoms. The molecule has 0 radical (unpaired) electrons. The van der Waals surface area contributed by atoms with E-state index < -0.39 is 23.5 Å². The molecule has 0 saturated carbocycles. The van der Waals surface area contributed by atoms with Gasteiger partial charge in [-0.2, -0.15) is 10.1 Å². The third-order valence-electron chi connectivity index (χ3n) is 3.73. The van der Waals surface area contributed by atoms with Gasteiger partial charge in [0.15, 0.2) is 0 Å². The van der Waals surface area contributed by atoms with Crippen molar-refractivity contribution in [2.45, 2.75) is 13.0 Å². The Labute approximate surface area is 153 Å². The lowest BCUT2D eigenvalue weighted by molar-refractivity contribution is -0.119. The number of carbonyl (C=O) groups is 1. The average molecular weight is 373 g/mol. The molecule has 0 unspecified atom stereocenters. The van der Waals surface area contributed by atoms with E-state index in [-0.39, 0.29) is 5.69 Å². The average Bonchev–Trinajstić information content (AvgIpc) is 2.63. The van der Waals surface area contributed by atoms with E-state index >= 15 is 0 Å². The fraction of sp³-hybridized carbons (Fsp3) is 0.111. The van der Waals surface area contributed by atoms with Crippen LogP contribution in [0.25, 0.3) is 11.3 Å². The summed E-state index contributed by atoms with van der Waals surface area (Å²) < 4.78 is 14.6. The second-order valence-electron chi connectivity index (χ2n) is 5.52. The topological polar surface area (TPSA) is 76.9 Å². The predicted octanol–water partition coefficient (Wildman–Crippen LogP) is 3.30. The lowest BCUT2D eigenvalue weighted by Gasteiger charge is -2.14. The molecule has 1 amide bonds. The maximum atomic E-state index is 13.6. The molecule has 1 aromatic heterocycles. The lowest BCUT2D eigenvalue weighted by atomic mass is 10.2. The molecule has 0 spiro atoms. The second-order valence-corrected chi connectivity index (χ2v) is 5.96. The van der Waals surface area contributed by atoms with E-state index in [9.17, 15) is 14.0 Å². The number of nitrogens with one attached hydrogen (secondary N) is 1. The summed E-state index contributed by atoms with van der Waals surface area (Å²) >= 11 is 5.84. The minimum Gasteiger partial charge on any atom is -0.322 e. The second kappa shape index (κ2) is 7.45. The molecule has 3 rings (SSSR count). The normalized spacial score (nSPS) is 11.8. The molecule has 0 aliphatic carbocycles. The van der Waals surface area contributed by atoms with Gasteiger partial charge in [-0.3, -0.25) is 4.79 Å². The summed E-state index contributed by atoms with van der Waals surface area (Å²) in [5, 5.41) is 7.01. The number of carbonyl (C=O) groups excluding carboxylic acids is 1. The van der Waals surface area contributed by atoms with Crippen molar-refractivity contribution in [2.24, 2.45) is 0 Å². The van der Waals surface area contributed by atoms with Crippen molar-refractivity contribution in [2.75, 3.05) is 5.32 Å². The number of nitrogens with zero attached hydrogens (tertiary/aromatic N) is 3. The van der Waals surface area contributed by atoms with E-state index in [1.54, 1.807) is 30.3 Å². The number of para-hydroxylation sites is 1. The maximum absolute atomic E-state index is 13.6. The Balaban J connectivity index is 1.82. The highest BCUT2D eigenvalue weighted by Gasteiger charge is 2.19. The molecule has 2 aromatic carbocycles. The molecule has 0 aliphatic heterocycles. The van der Waals surface area contributed by atoms with Crippen LogP contribution in [0.1, 0.15) is 13.0 Å². The quantitative estimate of drug-likeness (QED) is 0.762. The Morgan fingerprint density at radius 1 is 1.19 bits per heavy atom. The minimum atomic E-state index is -0.964. The lowest BCUT2D eigenvalue weighted by Crippen LogP contribution is -2.35. The van der Waals surface area contributed by atoms with Crippen LogP contribution in [-0.4, -0.2) is 20.7 Å². The van der Waals surface area contributed by atoms with Crippen LogP contribution in [0.15, 0.2) is 59.5 Å². The van der Waals surface area contributed by atoms with Crippen LogP contribution >= 0.6 is 11.6 Å². The van der Waals surface area contributed by atoms with Gasteiger partial charge >= 0.3 is 5.69 Å². The minimum absolute atomic E-state index is 0.0307. The van der Waals surface area contributed by atoms with Crippen molar-refractivity contribution in [1.29, 1.82) is 0 Å². The molecule has 3 aromatic rings. The molecule has 8 heteroatoms. The van der Waals surface area contributed by atoms with Gasteiger partial charge in [0, 0.05) is 10.6 Å². The standard InChI is InChI=1S/C18H14ClFN4O2/c1-11(17(25)22-15-5-3-2-4-14(15)20)24-18(26)23-16(10-21-24)12-6-8-13(19)9-7-12/h2-11H,1H3,(H,22,25)/t11-/m0/s1. The number of halogens is 2. The predicted molar refractivity (Wildman–Crippen MR) is 96.5 cm³/mol. The van der Waals surface area contributed by atoms with Crippen molar-refractivity contribution in [1.82, 2.24) is 14.8 Å². The molecule has 6 nitrogen and oxygen atoms in total. The molecular formula is C18H14ClFN4O2. The molecule has 132 valence electrons. The Morgan fingerprint density at radius 3 is 2.54 bits per heavy atom. The first-order chi connectivity index (χ1) is 12.5. The fourth-order valence-corrected chi connectivity index (χ4v) is 2.41. The summed E-state index contributed by atoms with van der Waals surface area (Å²) in [4.78, 5) is 28.5. The van der Waals surface area contributed by atoms with Crippen molar-refractivity contribution < 1.29 is 9.18 Å². The van der Waals surface area contributed by atoms with E-state index in [4.69, 9.17) is 11.6 Å². The zero-order chi connectivity index (χ0) is 18.7. The third kappa shape index (κ3) is 3.78. The van der Waals surface area contributed by atoms with Crippen LogP contribution in [-0.2, 0) is 4.79 Å². The van der Waals surface area contributed by atoms with E-state index in [2.05, 4.69) is 15.4 Å². The largest absolute Gasteiger partial charge is 0.365 e. The van der Waals surface area contributed by atoms with Crippen LogP contribution in [0, 0.1) is 5.82 Å². The third-order valence-corrected chi connectivity index (χ3v) is 3.99. The molecule has 1 heterocycles. The van der Waals surface area contributed by atoms with E-state index in [1.165, 1.54) is 31.3 Å². The van der Waals surface area contributed by atoms with Crippen LogP contribution in [0.2, 0.25) is 5.02 Å². The van der Waals surface area contributed by atoms with Crippen LogP contribution in [0.4, 0.5) is 10.1 Å². The van der Waals surface area contributed by atoms with Gasteiger partial charge in [-0.1, -0.05) is 35.9 Å². The van der Waals surface area contributed by atoms with Gasteiger partial charge in [-0.25, -0.2) is 13.9 Å². The number of aromatic nitrogens is 3. The smallest absolute Gasteiger partial charge is 0.322 e. The summed E-state index contributed by atoms with van der Waals surface area (Å²) in [5.41, 5.74) is 0.385. The number of hydrogen-bond donors (Lipinski definition) is 1. The van der Waals surface area contributed by atoms with Gasteiger partial charge in [0.05, 0.1) is 17.6 Å². The van der Waals surface area contributed by atoms with Crippen LogP contribution in [0.3, 0.4) is 0 Å². The van der Waals surface area contributed by atoms with Crippen LogP contribution < -0.4 is 11.0 Å². The highest BCUT2D eigenvalue weighted by Crippen LogP contribution is 2.18. The number of hydrogen-bond acceptors (Lipinski definition) is 4. The first-order valence-corrected chi connectivity index (χ1v) is 8.10. The molecular weight excluding hydrogens is 359 g/mol. The Kier molecular flexibility index (Phi) is 5.09. The molecule has 0 fully saturated rings. The van der Waals surface area contributed by atoms with Crippen molar-refractivity contribution in [3.63, 3.8) is 0 Å². The first kappa shape index (κ1) is 17.8. The summed E-state index contributed by atoms with van der Waals surface area (Å²) in [7, 11) is 0. The zero-order valence-corrected chi connectivity index (χ0v) is 14.4. The van der Waals surface area contributed by atoms with E-state index in [0.717, 1.165) is 4.68 Å². The molecule has 0 saturated heterocycles. The summed E-state index contributed by atoms with van der Waals surface area (Å²) in [6.45, 7) is 1.48. The van der Waals surface area contributed by atoms with E-state index in [0.29, 0.717) is 16.3 Å². The number of benzene rings is 2. The van der Waals surface area contributed by atoms with Gasteiger partial charge in [-0.15, -0.1) is 0 Å². The van der Waals surface area contributed by atoms with E-state index in [1.807, 2.05) is 0 Å². The fourth-order valence-electron chi connectivity index (χ4n) is 2.29. The monoisotopic (exact) mass is 372 g/mol. The molecule has 1 atom stereocenters. The maximum Gasteiger partial charge on any atom is 0.365 e. The van der Waals surface area contributed by atoms with Gasteiger partial charge < -0.3 is 5.32 Å². The first-order valence-electron chi connectivity index (χ1n) is 7.73. The number of rotatable bonds is 4.